The van der Waals surface area contributed by atoms with Crippen molar-refractivity contribution in [3.05, 3.63) is 35.5 Å². The highest BCUT2D eigenvalue weighted by atomic mass is 32.2. The van der Waals surface area contributed by atoms with Gasteiger partial charge in [-0.1, -0.05) is 12.1 Å². The van der Waals surface area contributed by atoms with Crippen molar-refractivity contribution in [2.24, 2.45) is 5.14 Å². The van der Waals surface area contributed by atoms with Crippen molar-refractivity contribution in [3.63, 3.8) is 0 Å². The Labute approximate surface area is 118 Å². The van der Waals surface area contributed by atoms with Gasteiger partial charge in [-0.3, -0.25) is 0 Å². The standard InChI is InChI=1S/C11H11F2N3O4S/c1-2-9-15-10(20-16-9)5-19-11-7(13)3-6(12)4-8(11)21(14,17)18/h3-4H,2,5H2,1H3,(H2,14,17,18). The van der Waals surface area contributed by atoms with E-state index >= 15 is 0 Å². The summed E-state index contributed by atoms with van der Waals surface area (Å²) in [4.78, 5) is 3.11. The summed E-state index contributed by atoms with van der Waals surface area (Å²) < 4.78 is 59.2. The summed E-state index contributed by atoms with van der Waals surface area (Å²) in [5.74, 6) is -2.55. The maximum Gasteiger partial charge on any atom is 0.264 e. The van der Waals surface area contributed by atoms with Crippen LogP contribution in [0.3, 0.4) is 0 Å². The van der Waals surface area contributed by atoms with Crippen molar-refractivity contribution < 1.29 is 26.5 Å². The fourth-order valence-corrected chi connectivity index (χ4v) is 2.21. The second-order valence-corrected chi connectivity index (χ2v) is 5.54. The molecule has 1 aromatic carbocycles. The summed E-state index contributed by atoms with van der Waals surface area (Å²) in [7, 11) is -4.35. The molecule has 10 heteroatoms. The average Bonchev–Trinajstić information content (AvgIpc) is 2.83. The van der Waals surface area contributed by atoms with E-state index in [2.05, 4.69) is 10.1 Å². The average molecular weight is 319 g/mol. The molecule has 7 nitrogen and oxygen atoms in total. The van der Waals surface area contributed by atoms with E-state index < -0.39 is 32.3 Å². The molecule has 0 aliphatic carbocycles. The number of halogens is 2. The molecule has 21 heavy (non-hydrogen) atoms. The van der Waals surface area contributed by atoms with Gasteiger partial charge in [-0.25, -0.2) is 22.3 Å². The third-order valence-electron chi connectivity index (χ3n) is 2.45. The molecule has 0 aliphatic heterocycles. The van der Waals surface area contributed by atoms with E-state index in [4.69, 9.17) is 14.4 Å². The van der Waals surface area contributed by atoms with Crippen LogP contribution in [-0.2, 0) is 23.1 Å². The van der Waals surface area contributed by atoms with Crippen LogP contribution in [-0.4, -0.2) is 18.6 Å². The monoisotopic (exact) mass is 319 g/mol. The second-order valence-electron chi connectivity index (χ2n) is 4.01. The first-order chi connectivity index (χ1) is 9.81. The Bertz CT molecular complexity index is 761. The fraction of sp³-hybridized carbons (Fsp3) is 0.273. The predicted molar refractivity (Wildman–Crippen MR) is 65.7 cm³/mol. The largest absolute Gasteiger partial charge is 0.479 e. The zero-order valence-corrected chi connectivity index (χ0v) is 11.7. The van der Waals surface area contributed by atoms with Crippen molar-refractivity contribution in [2.75, 3.05) is 0 Å². The van der Waals surface area contributed by atoms with Crippen LogP contribution >= 0.6 is 0 Å². The number of aryl methyl sites for hydroxylation is 1. The SMILES string of the molecule is CCc1noc(COc2c(F)cc(F)cc2S(N)(=O)=O)n1. The topological polar surface area (TPSA) is 108 Å². The van der Waals surface area contributed by atoms with Crippen LogP contribution in [0.2, 0.25) is 0 Å². The van der Waals surface area contributed by atoms with Gasteiger partial charge >= 0.3 is 0 Å². The van der Waals surface area contributed by atoms with Crippen molar-refractivity contribution in [1.82, 2.24) is 10.1 Å². The van der Waals surface area contributed by atoms with Crippen molar-refractivity contribution in [1.29, 1.82) is 0 Å². The molecular weight excluding hydrogens is 308 g/mol. The number of hydrogen-bond donors (Lipinski definition) is 1. The molecule has 2 N–H and O–H groups in total. The zero-order valence-electron chi connectivity index (χ0n) is 10.8. The Morgan fingerprint density at radius 3 is 2.67 bits per heavy atom. The molecule has 0 saturated heterocycles. The molecule has 114 valence electrons. The minimum Gasteiger partial charge on any atom is -0.479 e. The van der Waals surface area contributed by atoms with Gasteiger partial charge in [-0.05, 0) is 6.07 Å². The highest BCUT2D eigenvalue weighted by Gasteiger charge is 2.22. The molecular formula is C11H11F2N3O4S. The van der Waals surface area contributed by atoms with Gasteiger partial charge in [0.25, 0.3) is 5.89 Å². The number of ether oxygens (including phenoxy) is 1. The van der Waals surface area contributed by atoms with E-state index in [9.17, 15) is 17.2 Å². The Hall–Kier alpha value is -2.07. The highest BCUT2D eigenvalue weighted by molar-refractivity contribution is 7.89. The van der Waals surface area contributed by atoms with E-state index in [-0.39, 0.29) is 12.5 Å². The summed E-state index contributed by atoms with van der Waals surface area (Å²) in [6, 6.07) is 1.05. The Morgan fingerprint density at radius 2 is 2.10 bits per heavy atom. The summed E-state index contributed by atoms with van der Waals surface area (Å²) >= 11 is 0. The summed E-state index contributed by atoms with van der Waals surface area (Å²) in [5, 5.41) is 8.49. The van der Waals surface area contributed by atoms with Crippen molar-refractivity contribution in [2.45, 2.75) is 24.8 Å². The number of sulfonamides is 1. The van der Waals surface area contributed by atoms with E-state index in [0.29, 0.717) is 24.4 Å². The first-order valence-corrected chi connectivity index (χ1v) is 7.32. The lowest BCUT2D eigenvalue weighted by molar-refractivity contribution is 0.228. The highest BCUT2D eigenvalue weighted by Crippen LogP contribution is 2.28. The van der Waals surface area contributed by atoms with E-state index in [1.165, 1.54) is 0 Å². The van der Waals surface area contributed by atoms with Gasteiger partial charge in [-0.15, -0.1) is 0 Å². The maximum atomic E-state index is 13.7. The molecule has 0 spiro atoms. The van der Waals surface area contributed by atoms with E-state index in [0.717, 1.165) is 0 Å². The number of benzene rings is 1. The van der Waals surface area contributed by atoms with Gasteiger partial charge in [0.15, 0.2) is 24.0 Å². The molecule has 0 fully saturated rings. The minimum atomic E-state index is -4.35. The normalized spacial score (nSPS) is 11.6. The number of rotatable bonds is 5. The van der Waals surface area contributed by atoms with Crippen LogP contribution in [0, 0.1) is 11.6 Å². The molecule has 1 heterocycles. The number of primary sulfonamides is 1. The molecule has 0 aliphatic rings. The molecule has 0 radical (unpaired) electrons. The Balaban J connectivity index is 2.31. The maximum absolute atomic E-state index is 13.7. The Kier molecular flexibility index (Phi) is 4.19. The van der Waals surface area contributed by atoms with Crippen LogP contribution in [0.1, 0.15) is 18.6 Å². The minimum absolute atomic E-state index is 0.0240. The molecule has 0 atom stereocenters. The number of aromatic nitrogens is 2. The molecule has 0 unspecified atom stereocenters. The number of hydrogen-bond acceptors (Lipinski definition) is 6. The lowest BCUT2D eigenvalue weighted by atomic mass is 10.3. The van der Waals surface area contributed by atoms with Gasteiger partial charge < -0.3 is 9.26 Å². The van der Waals surface area contributed by atoms with Crippen LogP contribution in [0.5, 0.6) is 5.75 Å². The van der Waals surface area contributed by atoms with Gasteiger partial charge in [0.05, 0.1) is 0 Å². The summed E-state index contributed by atoms with van der Waals surface area (Å²) in [5.41, 5.74) is 0. The van der Waals surface area contributed by atoms with Gasteiger partial charge in [0.1, 0.15) is 10.7 Å². The Morgan fingerprint density at radius 1 is 1.38 bits per heavy atom. The molecule has 0 saturated carbocycles. The van der Waals surface area contributed by atoms with Gasteiger partial charge in [0.2, 0.25) is 10.0 Å². The predicted octanol–water partition coefficient (Wildman–Crippen LogP) is 1.14. The van der Waals surface area contributed by atoms with Gasteiger partial charge in [0, 0.05) is 12.5 Å². The first-order valence-electron chi connectivity index (χ1n) is 5.77. The van der Waals surface area contributed by atoms with Crippen LogP contribution in [0.15, 0.2) is 21.6 Å². The third-order valence-corrected chi connectivity index (χ3v) is 3.36. The van der Waals surface area contributed by atoms with Crippen molar-refractivity contribution in [3.8, 4) is 5.75 Å². The van der Waals surface area contributed by atoms with Crippen molar-refractivity contribution >= 4 is 10.0 Å². The fourth-order valence-electron chi connectivity index (χ4n) is 1.51. The van der Waals surface area contributed by atoms with Crippen LogP contribution in [0.25, 0.3) is 0 Å². The zero-order chi connectivity index (χ0) is 15.6. The van der Waals surface area contributed by atoms with Crippen LogP contribution < -0.4 is 9.88 Å². The second kappa shape index (κ2) is 5.74. The lowest BCUT2D eigenvalue weighted by Gasteiger charge is -2.09. The molecule has 2 aromatic rings. The number of nitrogens with two attached hydrogens (primary N) is 1. The first kappa shape index (κ1) is 15.3. The van der Waals surface area contributed by atoms with Gasteiger partial charge in [-0.2, -0.15) is 4.98 Å². The summed E-state index contributed by atoms with van der Waals surface area (Å²) in [6.07, 6.45) is 0.525. The molecule has 0 bridgehead atoms. The van der Waals surface area contributed by atoms with E-state index in [1.807, 2.05) is 0 Å². The van der Waals surface area contributed by atoms with Crippen LogP contribution in [0.4, 0.5) is 8.78 Å². The summed E-state index contributed by atoms with van der Waals surface area (Å²) in [6.45, 7) is 1.42. The third kappa shape index (κ3) is 3.52. The molecule has 0 amide bonds. The quantitative estimate of drug-likeness (QED) is 0.885. The van der Waals surface area contributed by atoms with E-state index in [1.54, 1.807) is 6.92 Å². The smallest absolute Gasteiger partial charge is 0.264 e. The number of nitrogens with zero attached hydrogens (tertiary/aromatic N) is 2. The molecule has 1 aromatic heterocycles. The molecule has 2 rings (SSSR count). The lowest BCUT2D eigenvalue weighted by Crippen LogP contribution is -2.15.